The molecule has 2 rings (SSSR count). The Morgan fingerprint density at radius 3 is 2.80 bits per heavy atom. The molecule has 0 radical (unpaired) electrons. The second-order valence-electron chi connectivity index (χ2n) is 4.84. The standard InChI is InChI=1S/C14H22N4OS/c1-4-6-15-14-17-12(16-8-10(19)5-2)11-7-9(3)20-13(11)18-14/h7,10,19H,4-6,8H2,1-3H3,(H2,15,16,17,18). The summed E-state index contributed by atoms with van der Waals surface area (Å²) in [7, 11) is 0. The summed E-state index contributed by atoms with van der Waals surface area (Å²) in [5.74, 6) is 1.44. The van der Waals surface area contributed by atoms with Gasteiger partial charge in [0.25, 0.3) is 0 Å². The van der Waals surface area contributed by atoms with E-state index in [0.717, 1.165) is 35.4 Å². The molecule has 0 aliphatic carbocycles. The molecule has 3 N–H and O–H groups in total. The van der Waals surface area contributed by atoms with Gasteiger partial charge in [0.05, 0.1) is 11.5 Å². The molecule has 0 aliphatic rings. The molecule has 2 aromatic rings. The molecule has 1 atom stereocenters. The van der Waals surface area contributed by atoms with E-state index in [2.05, 4.69) is 40.5 Å². The fourth-order valence-corrected chi connectivity index (χ4v) is 2.73. The summed E-state index contributed by atoms with van der Waals surface area (Å²) in [6.07, 6.45) is 1.40. The van der Waals surface area contributed by atoms with Gasteiger partial charge in [-0.1, -0.05) is 13.8 Å². The van der Waals surface area contributed by atoms with E-state index in [1.54, 1.807) is 11.3 Å². The molecule has 0 saturated carbocycles. The SMILES string of the molecule is CCCNc1nc(NCC(O)CC)c2cc(C)sc2n1. The van der Waals surface area contributed by atoms with Gasteiger partial charge in [0.2, 0.25) is 5.95 Å². The van der Waals surface area contributed by atoms with E-state index >= 15 is 0 Å². The minimum atomic E-state index is -0.355. The third-order valence-electron chi connectivity index (χ3n) is 3.03. The summed E-state index contributed by atoms with van der Waals surface area (Å²) in [5, 5.41) is 17.2. The van der Waals surface area contributed by atoms with E-state index in [0.29, 0.717) is 12.5 Å². The minimum absolute atomic E-state index is 0.355. The lowest BCUT2D eigenvalue weighted by Gasteiger charge is -2.12. The lowest BCUT2D eigenvalue weighted by molar-refractivity contribution is 0.183. The van der Waals surface area contributed by atoms with Crippen LogP contribution in [0.5, 0.6) is 0 Å². The van der Waals surface area contributed by atoms with Crippen molar-refractivity contribution in [3.05, 3.63) is 10.9 Å². The number of rotatable bonds is 7. The topological polar surface area (TPSA) is 70.1 Å². The van der Waals surface area contributed by atoms with Crippen LogP contribution in [0, 0.1) is 6.92 Å². The molecule has 5 nitrogen and oxygen atoms in total. The number of aliphatic hydroxyl groups excluding tert-OH is 1. The van der Waals surface area contributed by atoms with E-state index in [-0.39, 0.29) is 6.10 Å². The molecule has 0 aromatic carbocycles. The van der Waals surface area contributed by atoms with Gasteiger partial charge in [-0.2, -0.15) is 4.98 Å². The first-order valence-electron chi connectivity index (χ1n) is 7.08. The highest BCUT2D eigenvalue weighted by Gasteiger charge is 2.11. The Balaban J connectivity index is 2.28. The summed E-state index contributed by atoms with van der Waals surface area (Å²) < 4.78 is 0. The van der Waals surface area contributed by atoms with Crippen molar-refractivity contribution in [2.45, 2.75) is 39.7 Å². The van der Waals surface area contributed by atoms with E-state index in [9.17, 15) is 5.11 Å². The molecular formula is C14H22N4OS. The van der Waals surface area contributed by atoms with Crippen LogP contribution in [-0.4, -0.2) is 34.3 Å². The van der Waals surface area contributed by atoms with Gasteiger partial charge in [0.1, 0.15) is 10.6 Å². The molecular weight excluding hydrogens is 272 g/mol. The molecule has 110 valence electrons. The zero-order valence-electron chi connectivity index (χ0n) is 12.2. The Hall–Kier alpha value is -1.40. The maximum atomic E-state index is 9.69. The van der Waals surface area contributed by atoms with Crippen LogP contribution in [-0.2, 0) is 0 Å². The zero-order valence-corrected chi connectivity index (χ0v) is 13.0. The average Bonchev–Trinajstić information content (AvgIpc) is 2.82. The highest BCUT2D eigenvalue weighted by molar-refractivity contribution is 7.18. The van der Waals surface area contributed by atoms with Crippen molar-refractivity contribution in [3.63, 3.8) is 0 Å². The van der Waals surface area contributed by atoms with Crippen LogP contribution in [0.15, 0.2) is 6.07 Å². The summed E-state index contributed by atoms with van der Waals surface area (Å²) >= 11 is 1.66. The number of aryl methyl sites for hydroxylation is 1. The maximum absolute atomic E-state index is 9.69. The van der Waals surface area contributed by atoms with Crippen molar-refractivity contribution >= 4 is 33.3 Å². The van der Waals surface area contributed by atoms with Crippen LogP contribution in [0.1, 0.15) is 31.6 Å². The van der Waals surface area contributed by atoms with E-state index in [1.165, 1.54) is 4.88 Å². The molecule has 0 fully saturated rings. The Morgan fingerprint density at radius 2 is 2.10 bits per heavy atom. The highest BCUT2D eigenvalue weighted by Crippen LogP contribution is 2.29. The quantitative estimate of drug-likeness (QED) is 0.732. The Bertz CT molecular complexity index is 570. The van der Waals surface area contributed by atoms with Gasteiger partial charge in [-0.25, -0.2) is 4.98 Å². The lowest BCUT2D eigenvalue weighted by atomic mass is 10.2. The fourth-order valence-electron chi connectivity index (χ4n) is 1.85. The van der Waals surface area contributed by atoms with Crippen molar-refractivity contribution in [1.82, 2.24) is 9.97 Å². The molecule has 2 aromatic heterocycles. The summed E-state index contributed by atoms with van der Waals surface area (Å²) in [4.78, 5) is 11.2. The Kier molecular flexibility index (Phi) is 5.14. The number of fused-ring (bicyclic) bond motifs is 1. The van der Waals surface area contributed by atoms with Crippen LogP contribution in [0.3, 0.4) is 0 Å². The number of hydrogen-bond donors (Lipinski definition) is 3. The smallest absolute Gasteiger partial charge is 0.226 e. The molecule has 0 spiro atoms. The number of nitrogens with zero attached hydrogens (tertiary/aromatic N) is 2. The molecule has 1 unspecified atom stereocenters. The third kappa shape index (κ3) is 3.58. The maximum Gasteiger partial charge on any atom is 0.226 e. The Labute approximate surface area is 123 Å². The second-order valence-corrected chi connectivity index (χ2v) is 6.08. The summed E-state index contributed by atoms with van der Waals surface area (Å²) in [5.41, 5.74) is 0. The van der Waals surface area contributed by atoms with E-state index in [1.807, 2.05) is 6.92 Å². The summed E-state index contributed by atoms with van der Waals surface area (Å²) in [6, 6.07) is 2.09. The van der Waals surface area contributed by atoms with Crippen LogP contribution in [0.4, 0.5) is 11.8 Å². The normalized spacial score (nSPS) is 12.6. The molecule has 2 heterocycles. The number of anilines is 2. The number of thiophene rings is 1. The van der Waals surface area contributed by atoms with E-state index in [4.69, 9.17) is 0 Å². The monoisotopic (exact) mass is 294 g/mol. The number of aliphatic hydroxyl groups is 1. The van der Waals surface area contributed by atoms with Crippen LogP contribution in [0.2, 0.25) is 0 Å². The van der Waals surface area contributed by atoms with Crippen molar-refractivity contribution in [2.24, 2.45) is 0 Å². The van der Waals surface area contributed by atoms with Gasteiger partial charge >= 0.3 is 0 Å². The zero-order chi connectivity index (χ0) is 14.5. The largest absolute Gasteiger partial charge is 0.391 e. The van der Waals surface area contributed by atoms with Gasteiger partial charge in [-0.05, 0) is 25.8 Å². The van der Waals surface area contributed by atoms with Crippen LogP contribution in [0.25, 0.3) is 10.2 Å². The second kappa shape index (κ2) is 6.85. The van der Waals surface area contributed by atoms with Crippen molar-refractivity contribution < 1.29 is 5.11 Å². The van der Waals surface area contributed by atoms with E-state index < -0.39 is 0 Å². The number of nitrogens with one attached hydrogen (secondary N) is 2. The van der Waals surface area contributed by atoms with Crippen LogP contribution >= 0.6 is 11.3 Å². The molecule has 0 amide bonds. The van der Waals surface area contributed by atoms with Crippen molar-refractivity contribution in [3.8, 4) is 0 Å². The predicted molar refractivity (Wildman–Crippen MR) is 85.7 cm³/mol. The lowest BCUT2D eigenvalue weighted by Crippen LogP contribution is -2.19. The first-order chi connectivity index (χ1) is 9.63. The van der Waals surface area contributed by atoms with Gasteiger partial charge in [0, 0.05) is 18.0 Å². The van der Waals surface area contributed by atoms with Gasteiger partial charge in [0.15, 0.2) is 0 Å². The first-order valence-corrected chi connectivity index (χ1v) is 7.89. The minimum Gasteiger partial charge on any atom is -0.391 e. The van der Waals surface area contributed by atoms with Crippen molar-refractivity contribution in [1.29, 1.82) is 0 Å². The number of hydrogen-bond acceptors (Lipinski definition) is 6. The number of aromatic nitrogens is 2. The van der Waals surface area contributed by atoms with Gasteiger partial charge in [-0.3, -0.25) is 0 Å². The van der Waals surface area contributed by atoms with Crippen molar-refractivity contribution in [2.75, 3.05) is 23.7 Å². The molecule has 0 bridgehead atoms. The first kappa shape index (κ1) is 15.0. The van der Waals surface area contributed by atoms with Crippen LogP contribution < -0.4 is 10.6 Å². The summed E-state index contributed by atoms with van der Waals surface area (Å²) in [6.45, 7) is 7.50. The molecule has 0 aliphatic heterocycles. The van der Waals surface area contributed by atoms with Gasteiger partial charge in [-0.15, -0.1) is 11.3 Å². The third-order valence-corrected chi connectivity index (χ3v) is 3.97. The molecule has 20 heavy (non-hydrogen) atoms. The average molecular weight is 294 g/mol. The predicted octanol–water partition coefficient (Wildman–Crippen LogP) is 3.00. The fraction of sp³-hybridized carbons (Fsp3) is 0.571. The Morgan fingerprint density at radius 1 is 1.30 bits per heavy atom. The van der Waals surface area contributed by atoms with Gasteiger partial charge < -0.3 is 15.7 Å². The molecule has 0 saturated heterocycles. The highest BCUT2D eigenvalue weighted by atomic mass is 32.1. The molecule has 6 heteroatoms.